The quantitative estimate of drug-likeness (QED) is 0.592. The highest BCUT2D eigenvalue weighted by Crippen LogP contribution is 2.19. The number of carbonyl (C=O) groups is 2. The molecule has 2 amide bonds. The molecule has 0 bridgehead atoms. The SMILES string of the molecule is CC(C)COc1cccc(C(=O)Nc2ccccc2C(=O)NCc2ccco2)c1. The smallest absolute Gasteiger partial charge is 0.255 e. The van der Waals surface area contributed by atoms with Gasteiger partial charge in [-0.25, -0.2) is 0 Å². The van der Waals surface area contributed by atoms with Crippen molar-refractivity contribution in [1.29, 1.82) is 0 Å². The molecule has 0 unspecified atom stereocenters. The minimum atomic E-state index is -0.314. The van der Waals surface area contributed by atoms with Crippen molar-refractivity contribution in [1.82, 2.24) is 5.32 Å². The number of hydrogen-bond donors (Lipinski definition) is 2. The second kappa shape index (κ2) is 9.59. The van der Waals surface area contributed by atoms with Crippen LogP contribution >= 0.6 is 0 Å². The molecule has 6 nitrogen and oxygen atoms in total. The van der Waals surface area contributed by atoms with Gasteiger partial charge in [-0.05, 0) is 48.4 Å². The molecule has 3 rings (SSSR count). The van der Waals surface area contributed by atoms with Gasteiger partial charge in [0.05, 0.1) is 30.7 Å². The molecule has 2 N–H and O–H groups in total. The maximum Gasteiger partial charge on any atom is 0.255 e. The van der Waals surface area contributed by atoms with Crippen LogP contribution in [0.5, 0.6) is 5.75 Å². The second-order valence-electron chi connectivity index (χ2n) is 6.99. The minimum Gasteiger partial charge on any atom is -0.493 e. The summed E-state index contributed by atoms with van der Waals surface area (Å²) in [4.78, 5) is 25.3. The molecule has 1 aromatic heterocycles. The van der Waals surface area contributed by atoms with Crippen molar-refractivity contribution in [3.05, 3.63) is 83.8 Å². The molecule has 0 fully saturated rings. The van der Waals surface area contributed by atoms with Gasteiger partial charge in [0, 0.05) is 5.56 Å². The Labute approximate surface area is 169 Å². The van der Waals surface area contributed by atoms with Gasteiger partial charge in [0.2, 0.25) is 0 Å². The number of carbonyl (C=O) groups excluding carboxylic acids is 2. The number of ether oxygens (including phenoxy) is 1. The summed E-state index contributed by atoms with van der Waals surface area (Å²) in [5.74, 6) is 1.06. The standard InChI is InChI=1S/C23H24N2O4/c1-16(2)15-29-18-8-5-7-17(13-18)22(26)25-21-11-4-3-10-20(21)23(27)24-14-19-9-6-12-28-19/h3-13,16H,14-15H2,1-2H3,(H,24,27)(H,25,26). The van der Waals surface area contributed by atoms with Gasteiger partial charge in [-0.1, -0.05) is 32.0 Å². The maximum atomic E-state index is 12.7. The van der Waals surface area contributed by atoms with E-state index >= 15 is 0 Å². The molecule has 6 heteroatoms. The number of para-hydroxylation sites is 1. The number of anilines is 1. The Morgan fingerprint density at radius 1 is 1.00 bits per heavy atom. The van der Waals surface area contributed by atoms with Crippen molar-refractivity contribution in [3.8, 4) is 5.75 Å². The fourth-order valence-corrected chi connectivity index (χ4v) is 2.65. The van der Waals surface area contributed by atoms with Crippen LogP contribution in [0.1, 0.15) is 40.3 Å². The zero-order chi connectivity index (χ0) is 20.6. The largest absolute Gasteiger partial charge is 0.493 e. The maximum absolute atomic E-state index is 12.7. The van der Waals surface area contributed by atoms with Gasteiger partial charge in [-0.15, -0.1) is 0 Å². The number of nitrogens with one attached hydrogen (secondary N) is 2. The van der Waals surface area contributed by atoms with Crippen molar-refractivity contribution >= 4 is 17.5 Å². The van der Waals surface area contributed by atoms with Gasteiger partial charge in [0.15, 0.2) is 0 Å². The van der Waals surface area contributed by atoms with Crippen LogP contribution in [0.3, 0.4) is 0 Å². The third-order valence-corrected chi connectivity index (χ3v) is 4.10. The Balaban J connectivity index is 1.69. The third kappa shape index (κ3) is 5.72. The number of rotatable bonds is 8. The van der Waals surface area contributed by atoms with Gasteiger partial charge < -0.3 is 19.8 Å². The normalized spacial score (nSPS) is 10.6. The summed E-state index contributed by atoms with van der Waals surface area (Å²) in [5.41, 5.74) is 1.26. The van der Waals surface area contributed by atoms with Gasteiger partial charge in [-0.3, -0.25) is 9.59 Å². The average molecular weight is 392 g/mol. The average Bonchev–Trinajstić information content (AvgIpc) is 3.25. The van der Waals surface area contributed by atoms with E-state index in [0.717, 1.165) is 0 Å². The molecule has 0 saturated carbocycles. The number of benzene rings is 2. The van der Waals surface area contributed by atoms with E-state index in [0.29, 0.717) is 40.8 Å². The molecule has 0 aliphatic heterocycles. The lowest BCUT2D eigenvalue weighted by molar-refractivity contribution is 0.0949. The zero-order valence-corrected chi connectivity index (χ0v) is 16.5. The Bertz CT molecular complexity index is 965. The van der Waals surface area contributed by atoms with E-state index < -0.39 is 0 Å². The first kappa shape index (κ1) is 20.2. The van der Waals surface area contributed by atoms with Crippen LogP contribution < -0.4 is 15.4 Å². The van der Waals surface area contributed by atoms with E-state index in [1.165, 1.54) is 0 Å². The minimum absolute atomic E-state index is 0.267. The molecular formula is C23H24N2O4. The monoisotopic (exact) mass is 392 g/mol. The van der Waals surface area contributed by atoms with Crippen molar-refractivity contribution < 1.29 is 18.7 Å². The second-order valence-corrected chi connectivity index (χ2v) is 6.99. The van der Waals surface area contributed by atoms with Crippen LogP contribution in [-0.2, 0) is 6.54 Å². The van der Waals surface area contributed by atoms with Crippen LogP contribution in [0.25, 0.3) is 0 Å². The summed E-state index contributed by atoms with van der Waals surface area (Å²) < 4.78 is 10.9. The molecule has 29 heavy (non-hydrogen) atoms. The topological polar surface area (TPSA) is 80.6 Å². The molecule has 0 aliphatic rings. The van der Waals surface area contributed by atoms with E-state index in [2.05, 4.69) is 24.5 Å². The zero-order valence-electron chi connectivity index (χ0n) is 16.5. The van der Waals surface area contributed by atoms with E-state index in [1.807, 2.05) is 6.07 Å². The Morgan fingerprint density at radius 3 is 2.59 bits per heavy atom. The van der Waals surface area contributed by atoms with E-state index in [-0.39, 0.29) is 18.4 Å². The molecule has 0 spiro atoms. The van der Waals surface area contributed by atoms with Crippen molar-refractivity contribution in [2.45, 2.75) is 20.4 Å². The highest BCUT2D eigenvalue weighted by Gasteiger charge is 2.15. The van der Waals surface area contributed by atoms with Crippen LogP contribution in [-0.4, -0.2) is 18.4 Å². The summed E-state index contributed by atoms with van der Waals surface area (Å²) in [7, 11) is 0. The molecule has 150 valence electrons. The molecule has 3 aromatic rings. The van der Waals surface area contributed by atoms with Crippen LogP contribution in [0.15, 0.2) is 71.3 Å². The first-order chi connectivity index (χ1) is 14.0. The summed E-state index contributed by atoms with van der Waals surface area (Å²) >= 11 is 0. The van der Waals surface area contributed by atoms with Gasteiger partial charge in [0.25, 0.3) is 11.8 Å². The third-order valence-electron chi connectivity index (χ3n) is 4.10. The molecule has 0 radical (unpaired) electrons. The van der Waals surface area contributed by atoms with Crippen molar-refractivity contribution in [2.24, 2.45) is 5.92 Å². The van der Waals surface area contributed by atoms with E-state index in [9.17, 15) is 9.59 Å². The number of amides is 2. The summed E-state index contributed by atoms with van der Waals surface area (Å²) in [6, 6.07) is 17.4. The van der Waals surface area contributed by atoms with Crippen LogP contribution in [0.4, 0.5) is 5.69 Å². The van der Waals surface area contributed by atoms with Crippen LogP contribution in [0.2, 0.25) is 0 Å². The summed E-state index contributed by atoms with van der Waals surface area (Å²) in [5, 5.41) is 5.60. The summed E-state index contributed by atoms with van der Waals surface area (Å²) in [6.45, 7) is 4.96. The molecule has 0 atom stereocenters. The van der Waals surface area contributed by atoms with Crippen molar-refractivity contribution in [2.75, 3.05) is 11.9 Å². The highest BCUT2D eigenvalue weighted by atomic mass is 16.5. The Hall–Kier alpha value is -3.54. The highest BCUT2D eigenvalue weighted by molar-refractivity contribution is 6.09. The molecule has 0 saturated heterocycles. The molecule has 0 aliphatic carbocycles. The fraction of sp³-hybridized carbons (Fsp3) is 0.217. The first-order valence-electron chi connectivity index (χ1n) is 9.46. The fourth-order valence-electron chi connectivity index (χ4n) is 2.65. The predicted octanol–water partition coefficient (Wildman–Crippen LogP) is 4.50. The van der Waals surface area contributed by atoms with E-state index in [4.69, 9.17) is 9.15 Å². The number of hydrogen-bond acceptors (Lipinski definition) is 4. The van der Waals surface area contributed by atoms with E-state index in [1.54, 1.807) is 60.9 Å². The predicted molar refractivity (Wildman–Crippen MR) is 111 cm³/mol. The Morgan fingerprint density at radius 2 is 1.83 bits per heavy atom. The molecular weight excluding hydrogens is 368 g/mol. The number of furan rings is 1. The molecule has 1 heterocycles. The lowest BCUT2D eigenvalue weighted by Crippen LogP contribution is -2.24. The Kier molecular flexibility index (Phi) is 6.68. The van der Waals surface area contributed by atoms with Gasteiger partial charge in [-0.2, -0.15) is 0 Å². The first-order valence-corrected chi connectivity index (χ1v) is 9.46. The summed E-state index contributed by atoms with van der Waals surface area (Å²) in [6.07, 6.45) is 1.55. The lowest BCUT2D eigenvalue weighted by atomic mass is 10.1. The van der Waals surface area contributed by atoms with Gasteiger partial charge in [0.1, 0.15) is 11.5 Å². The van der Waals surface area contributed by atoms with Gasteiger partial charge >= 0.3 is 0 Å². The van der Waals surface area contributed by atoms with Crippen molar-refractivity contribution in [3.63, 3.8) is 0 Å². The lowest BCUT2D eigenvalue weighted by Gasteiger charge is -2.12. The van der Waals surface area contributed by atoms with Crippen LogP contribution in [0, 0.1) is 5.92 Å². The molecule has 2 aromatic carbocycles.